The number of anilines is 1. The van der Waals surface area contributed by atoms with E-state index in [4.69, 9.17) is 5.11 Å². The summed E-state index contributed by atoms with van der Waals surface area (Å²) < 4.78 is 0. The molecule has 1 aromatic rings. The van der Waals surface area contributed by atoms with Crippen LogP contribution < -0.4 is 5.32 Å². The molecule has 0 atom stereocenters. The third-order valence-electron chi connectivity index (χ3n) is 3.13. The molecule has 1 saturated carbocycles. The van der Waals surface area contributed by atoms with Crippen molar-refractivity contribution in [1.29, 1.82) is 0 Å². The average molecular weight is 253 g/mol. The number of aryl methyl sites for hydroxylation is 1. The van der Waals surface area contributed by atoms with E-state index < -0.39 is 5.97 Å². The van der Waals surface area contributed by atoms with Crippen LogP contribution >= 0.6 is 11.3 Å². The van der Waals surface area contributed by atoms with Gasteiger partial charge in [0.2, 0.25) is 5.91 Å². The Morgan fingerprint density at radius 3 is 2.76 bits per heavy atom. The number of amides is 1. The molecule has 2 rings (SSSR count). The smallest absolute Gasteiger partial charge is 0.348 e. The van der Waals surface area contributed by atoms with E-state index >= 15 is 0 Å². The van der Waals surface area contributed by atoms with Crippen molar-refractivity contribution < 1.29 is 14.7 Å². The zero-order chi connectivity index (χ0) is 12.4. The highest BCUT2D eigenvalue weighted by molar-refractivity contribution is 7.12. The number of carbonyl (C=O) groups is 2. The Morgan fingerprint density at radius 1 is 1.53 bits per heavy atom. The van der Waals surface area contributed by atoms with Gasteiger partial charge in [0.05, 0.1) is 5.69 Å². The molecule has 0 radical (unpaired) electrons. The van der Waals surface area contributed by atoms with E-state index in [0.717, 1.165) is 29.7 Å². The molecule has 0 aliphatic heterocycles. The molecule has 1 aliphatic carbocycles. The van der Waals surface area contributed by atoms with Crippen LogP contribution in [0.4, 0.5) is 5.69 Å². The molecular formula is C12H15NO3S. The van der Waals surface area contributed by atoms with E-state index in [9.17, 15) is 9.59 Å². The van der Waals surface area contributed by atoms with Crippen molar-refractivity contribution in [1.82, 2.24) is 0 Å². The molecule has 1 fully saturated rings. The van der Waals surface area contributed by atoms with E-state index in [1.165, 1.54) is 6.42 Å². The van der Waals surface area contributed by atoms with Crippen LogP contribution in [0.3, 0.4) is 0 Å². The van der Waals surface area contributed by atoms with Gasteiger partial charge in [0.25, 0.3) is 0 Å². The second kappa shape index (κ2) is 4.87. The molecule has 17 heavy (non-hydrogen) atoms. The van der Waals surface area contributed by atoms with E-state index in [-0.39, 0.29) is 10.8 Å². The summed E-state index contributed by atoms with van der Waals surface area (Å²) in [6.07, 6.45) is 3.94. The molecule has 2 N–H and O–H groups in total. The van der Waals surface area contributed by atoms with Gasteiger partial charge in [-0.25, -0.2) is 4.79 Å². The lowest BCUT2D eigenvalue weighted by atomic mass is 9.83. The number of carbonyl (C=O) groups excluding carboxylic acids is 1. The van der Waals surface area contributed by atoms with Crippen molar-refractivity contribution in [3.63, 3.8) is 0 Å². The van der Waals surface area contributed by atoms with E-state index in [0.29, 0.717) is 18.0 Å². The molecule has 5 heteroatoms. The van der Waals surface area contributed by atoms with Crippen molar-refractivity contribution in [2.75, 3.05) is 5.32 Å². The van der Waals surface area contributed by atoms with Gasteiger partial charge in [-0.1, -0.05) is 6.42 Å². The number of hydrogen-bond acceptors (Lipinski definition) is 3. The van der Waals surface area contributed by atoms with Crippen LogP contribution in [0.1, 0.15) is 40.9 Å². The lowest BCUT2D eigenvalue weighted by molar-refractivity contribution is -0.117. The second-order valence-corrected chi connectivity index (χ2v) is 5.36. The third-order valence-corrected chi connectivity index (χ3v) is 4.22. The molecule has 4 nitrogen and oxygen atoms in total. The quantitative estimate of drug-likeness (QED) is 0.867. The topological polar surface area (TPSA) is 66.4 Å². The number of carboxylic acids is 1. The first kappa shape index (κ1) is 12.1. The van der Waals surface area contributed by atoms with Gasteiger partial charge < -0.3 is 10.4 Å². The Balaban J connectivity index is 2.03. The summed E-state index contributed by atoms with van der Waals surface area (Å²) in [4.78, 5) is 22.9. The van der Waals surface area contributed by atoms with E-state index in [2.05, 4.69) is 5.32 Å². The second-order valence-electron chi connectivity index (χ2n) is 4.48. The van der Waals surface area contributed by atoms with E-state index in [1.807, 2.05) is 6.92 Å². The Labute approximate surface area is 104 Å². The first-order valence-corrected chi connectivity index (χ1v) is 6.57. The van der Waals surface area contributed by atoms with Gasteiger partial charge in [0, 0.05) is 6.42 Å². The van der Waals surface area contributed by atoms with Crippen LogP contribution in [0.25, 0.3) is 0 Å². The molecule has 0 unspecified atom stereocenters. The predicted octanol–water partition coefficient (Wildman–Crippen LogP) is 2.88. The number of aromatic carboxylic acids is 1. The van der Waals surface area contributed by atoms with Gasteiger partial charge in [-0.05, 0) is 36.6 Å². The van der Waals surface area contributed by atoms with Crippen molar-refractivity contribution in [2.24, 2.45) is 5.92 Å². The van der Waals surface area contributed by atoms with Crippen LogP contribution in [0, 0.1) is 12.8 Å². The fourth-order valence-electron chi connectivity index (χ4n) is 1.91. The SMILES string of the molecule is Cc1csc(C(=O)O)c1NC(=O)CC1CCC1. The first-order chi connectivity index (χ1) is 8.08. The average Bonchev–Trinajstić information content (AvgIpc) is 2.55. The standard InChI is InChI=1S/C12H15NO3S/c1-7-6-17-11(12(15)16)10(7)13-9(14)5-8-3-2-4-8/h6,8H,2-5H2,1H3,(H,13,14)(H,15,16). The van der Waals surface area contributed by atoms with Crippen LogP contribution in [-0.2, 0) is 4.79 Å². The highest BCUT2D eigenvalue weighted by Crippen LogP contribution is 2.31. The molecular weight excluding hydrogens is 238 g/mol. The van der Waals surface area contributed by atoms with Gasteiger partial charge in [0.1, 0.15) is 4.88 Å². The van der Waals surface area contributed by atoms with Crippen LogP contribution in [0.15, 0.2) is 5.38 Å². The minimum absolute atomic E-state index is 0.0706. The molecule has 92 valence electrons. The zero-order valence-corrected chi connectivity index (χ0v) is 10.5. The molecule has 1 heterocycles. The van der Waals surface area contributed by atoms with Gasteiger partial charge in [-0.3, -0.25) is 4.79 Å². The third kappa shape index (κ3) is 2.66. The minimum atomic E-state index is -0.984. The molecule has 1 aromatic heterocycles. The minimum Gasteiger partial charge on any atom is -0.477 e. The Bertz CT molecular complexity index is 449. The van der Waals surface area contributed by atoms with Crippen molar-refractivity contribution in [3.05, 3.63) is 15.8 Å². The fraction of sp³-hybridized carbons (Fsp3) is 0.500. The summed E-state index contributed by atoms with van der Waals surface area (Å²) in [5.41, 5.74) is 1.28. The Morgan fingerprint density at radius 2 is 2.24 bits per heavy atom. The summed E-state index contributed by atoms with van der Waals surface area (Å²) in [6.45, 7) is 1.81. The zero-order valence-electron chi connectivity index (χ0n) is 9.66. The summed E-state index contributed by atoms with van der Waals surface area (Å²) in [5.74, 6) is -0.567. The highest BCUT2D eigenvalue weighted by Gasteiger charge is 2.22. The molecule has 0 aromatic carbocycles. The molecule has 1 aliphatic rings. The first-order valence-electron chi connectivity index (χ1n) is 5.69. The van der Waals surface area contributed by atoms with Crippen molar-refractivity contribution in [3.8, 4) is 0 Å². The Hall–Kier alpha value is -1.36. The predicted molar refractivity (Wildman–Crippen MR) is 66.6 cm³/mol. The van der Waals surface area contributed by atoms with Crippen LogP contribution in [0.5, 0.6) is 0 Å². The molecule has 0 bridgehead atoms. The van der Waals surface area contributed by atoms with Crippen LogP contribution in [-0.4, -0.2) is 17.0 Å². The van der Waals surface area contributed by atoms with Crippen LogP contribution in [0.2, 0.25) is 0 Å². The number of hydrogen-bond donors (Lipinski definition) is 2. The number of carboxylic acid groups (broad SMARTS) is 1. The van der Waals surface area contributed by atoms with E-state index in [1.54, 1.807) is 5.38 Å². The lowest BCUT2D eigenvalue weighted by Crippen LogP contribution is -2.21. The largest absolute Gasteiger partial charge is 0.477 e. The normalized spacial score (nSPS) is 15.4. The van der Waals surface area contributed by atoms with Gasteiger partial charge >= 0.3 is 5.97 Å². The monoisotopic (exact) mass is 253 g/mol. The molecule has 0 saturated heterocycles. The fourth-order valence-corrected chi connectivity index (χ4v) is 2.75. The summed E-state index contributed by atoms with van der Waals surface area (Å²) in [7, 11) is 0. The summed E-state index contributed by atoms with van der Waals surface area (Å²) in [5, 5.41) is 13.5. The maximum Gasteiger partial charge on any atom is 0.348 e. The maximum atomic E-state index is 11.7. The van der Waals surface area contributed by atoms with Crippen molar-refractivity contribution >= 4 is 28.9 Å². The number of thiophene rings is 1. The highest BCUT2D eigenvalue weighted by atomic mass is 32.1. The van der Waals surface area contributed by atoms with Crippen molar-refractivity contribution in [2.45, 2.75) is 32.6 Å². The number of nitrogens with one attached hydrogen (secondary N) is 1. The van der Waals surface area contributed by atoms with Gasteiger partial charge in [-0.2, -0.15) is 0 Å². The number of rotatable bonds is 4. The van der Waals surface area contributed by atoms with Gasteiger partial charge in [-0.15, -0.1) is 11.3 Å². The summed E-state index contributed by atoms with van der Waals surface area (Å²) in [6, 6.07) is 0. The molecule has 1 amide bonds. The lowest BCUT2D eigenvalue weighted by Gasteiger charge is -2.24. The summed E-state index contributed by atoms with van der Waals surface area (Å²) >= 11 is 1.15. The Kier molecular flexibility index (Phi) is 3.47. The molecule has 0 spiro atoms. The maximum absolute atomic E-state index is 11.7. The van der Waals surface area contributed by atoms with Gasteiger partial charge in [0.15, 0.2) is 0 Å².